The minimum absolute atomic E-state index is 0.708. The molecule has 1 unspecified atom stereocenters. The average Bonchev–Trinajstić information content (AvgIpc) is 2.60. The Morgan fingerprint density at radius 2 is 0.733 bits per heavy atom. The Morgan fingerprint density at radius 1 is 0.467 bits per heavy atom. The molecular formula is C30H60. The van der Waals surface area contributed by atoms with Crippen LogP contribution in [-0.2, 0) is 0 Å². The second-order valence-electron chi connectivity index (χ2n) is 11.2. The molecule has 180 valence electrons. The first-order valence-electron chi connectivity index (χ1n) is 12.8. The Morgan fingerprint density at radius 3 is 0.833 bits per heavy atom. The highest BCUT2D eigenvalue weighted by Gasteiger charge is 2.10. The minimum Gasteiger partial charge on any atom is -0.103 e. The first-order valence-corrected chi connectivity index (χ1v) is 12.8. The van der Waals surface area contributed by atoms with Gasteiger partial charge in [-0.1, -0.05) is 113 Å². The molecule has 0 heterocycles. The van der Waals surface area contributed by atoms with Crippen LogP contribution in [0, 0.1) is 41.4 Å². The molecule has 0 aromatic rings. The lowest BCUT2D eigenvalue weighted by atomic mass is 9.88. The molecule has 0 fully saturated rings. The van der Waals surface area contributed by atoms with Crippen molar-refractivity contribution < 1.29 is 0 Å². The summed E-state index contributed by atoms with van der Waals surface area (Å²) in [5.74, 6) is 5.49. The molecule has 0 saturated carbocycles. The fourth-order valence-corrected chi connectivity index (χ4v) is 2.66. The van der Waals surface area contributed by atoms with E-state index in [-0.39, 0.29) is 0 Å². The van der Waals surface area contributed by atoms with Crippen molar-refractivity contribution >= 4 is 0 Å². The van der Waals surface area contributed by atoms with Gasteiger partial charge in [0.1, 0.15) is 0 Å². The van der Waals surface area contributed by atoms with E-state index in [1.54, 1.807) is 0 Å². The summed E-state index contributed by atoms with van der Waals surface area (Å²) in [7, 11) is 0. The average molecular weight is 421 g/mol. The third-order valence-electron chi connectivity index (χ3n) is 4.67. The van der Waals surface area contributed by atoms with Crippen LogP contribution in [0.15, 0.2) is 37.0 Å². The van der Waals surface area contributed by atoms with Gasteiger partial charge in [-0.3, -0.25) is 0 Å². The van der Waals surface area contributed by atoms with E-state index < -0.39 is 0 Å². The topological polar surface area (TPSA) is 0 Å². The Labute approximate surface area is 193 Å². The lowest BCUT2D eigenvalue weighted by Gasteiger charge is -2.18. The fraction of sp³-hybridized carbons (Fsp3) is 0.800. The van der Waals surface area contributed by atoms with Crippen molar-refractivity contribution in [2.75, 3.05) is 0 Å². The molecule has 1 atom stereocenters. The highest BCUT2D eigenvalue weighted by atomic mass is 14.2. The van der Waals surface area contributed by atoms with E-state index in [0.29, 0.717) is 5.92 Å². The van der Waals surface area contributed by atoms with Crippen molar-refractivity contribution in [3.05, 3.63) is 37.0 Å². The van der Waals surface area contributed by atoms with Gasteiger partial charge in [-0.2, -0.15) is 0 Å². The van der Waals surface area contributed by atoms with E-state index in [1.165, 1.54) is 32.1 Å². The van der Waals surface area contributed by atoms with Crippen molar-refractivity contribution in [3.63, 3.8) is 0 Å². The van der Waals surface area contributed by atoms with Gasteiger partial charge < -0.3 is 0 Å². The van der Waals surface area contributed by atoms with Crippen LogP contribution in [0.25, 0.3) is 0 Å². The second-order valence-corrected chi connectivity index (χ2v) is 11.2. The predicted molar refractivity (Wildman–Crippen MR) is 144 cm³/mol. The smallest absolute Gasteiger partial charge is 0.0211 e. The van der Waals surface area contributed by atoms with Crippen molar-refractivity contribution in [2.24, 2.45) is 41.4 Å². The van der Waals surface area contributed by atoms with Crippen LogP contribution in [0.4, 0.5) is 0 Å². The molecule has 0 aliphatic rings. The van der Waals surface area contributed by atoms with Crippen LogP contribution in [0.1, 0.15) is 115 Å². The summed E-state index contributed by atoms with van der Waals surface area (Å²) in [6, 6.07) is 0. The van der Waals surface area contributed by atoms with E-state index in [1.807, 2.05) is 0 Å². The van der Waals surface area contributed by atoms with Crippen LogP contribution in [0.5, 0.6) is 0 Å². The van der Waals surface area contributed by atoms with Gasteiger partial charge in [0.15, 0.2) is 0 Å². The molecule has 0 heteroatoms. The zero-order chi connectivity index (χ0) is 24.1. The number of hydrogen-bond donors (Lipinski definition) is 0. The SMILES string of the molecule is C=CC(CC(C)C)C(C)C.CC(C)C/C=C/CC(C)C.CC(C)C/C=C\CC(C)C. The second kappa shape index (κ2) is 22.9. The quantitative estimate of drug-likeness (QED) is 0.275. The van der Waals surface area contributed by atoms with E-state index in [9.17, 15) is 0 Å². The van der Waals surface area contributed by atoms with Crippen molar-refractivity contribution in [1.82, 2.24) is 0 Å². The highest BCUT2D eigenvalue weighted by Crippen LogP contribution is 2.20. The zero-order valence-electron chi connectivity index (χ0n) is 23.2. The number of hydrogen-bond acceptors (Lipinski definition) is 0. The Kier molecular flexibility index (Phi) is 25.8. The van der Waals surface area contributed by atoms with Crippen LogP contribution in [-0.4, -0.2) is 0 Å². The van der Waals surface area contributed by atoms with E-state index >= 15 is 0 Å². The molecule has 0 aromatic carbocycles. The summed E-state index contributed by atoms with van der Waals surface area (Å²) in [6.07, 6.45) is 17.5. The fourth-order valence-electron chi connectivity index (χ4n) is 2.66. The zero-order valence-corrected chi connectivity index (χ0v) is 23.2. The monoisotopic (exact) mass is 420 g/mol. The lowest BCUT2D eigenvalue weighted by Crippen LogP contribution is -2.08. The van der Waals surface area contributed by atoms with Crippen molar-refractivity contribution in [2.45, 2.75) is 115 Å². The summed E-state index contributed by atoms with van der Waals surface area (Å²) in [4.78, 5) is 0. The number of rotatable bonds is 12. The molecule has 0 spiro atoms. The van der Waals surface area contributed by atoms with Crippen molar-refractivity contribution in [3.8, 4) is 0 Å². The Hall–Kier alpha value is -0.780. The molecule has 0 bridgehead atoms. The van der Waals surface area contributed by atoms with Gasteiger partial charge in [-0.25, -0.2) is 0 Å². The molecule has 0 aliphatic carbocycles. The molecule has 0 N–H and O–H groups in total. The summed E-state index contributed by atoms with van der Waals surface area (Å²) in [5.41, 5.74) is 0. The highest BCUT2D eigenvalue weighted by molar-refractivity contribution is 4.84. The van der Waals surface area contributed by atoms with Gasteiger partial charge in [-0.05, 0) is 73.5 Å². The van der Waals surface area contributed by atoms with Crippen molar-refractivity contribution in [1.29, 1.82) is 0 Å². The van der Waals surface area contributed by atoms with Crippen LogP contribution in [0.3, 0.4) is 0 Å². The Balaban J connectivity index is -0.000000364. The maximum absolute atomic E-state index is 3.84. The first kappa shape index (κ1) is 33.8. The third kappa shape index (κ3) is 34.7. The normalized spacial score (nSPS) is 12.9. The van der Waals surface area contributed by atoms with Gasteiger partial charge in [0, 0.05) is 0 Å². The van der Waals surface area contributed by atoms with Crippen LogP contribution in [0.2, 0.25) is 0 Å². The molecule has 0 rings (SSSR count). The number of allylic oxidation sites excluding steroid dienone is 5. The summed E-state index contributed by atoms with van der Waals surface area (Å²) in [6.45, 7) is 30.9. The Bertz CT molecular complexity index is 340. The molecule has 0 nitrogen and oxygen atoms in total. The van der Waals surface area contributed by atoms with Gasteiger partial charge in [0.05, 0.1) is 0 Å². The predicted octanol–water partition coefficient (Wildman–Crippen LogP) is 10.8. The first-order chi connectivity index (χ1) is 13.8. The van der Waals surface area contributed by atoms with Gasteiger partial charge in [0.2, 0.25) is 0 Å². The van der Waals surface area contributed by atoms with Gasteiger partial charge in [0.25, 0.3) is 0 Å². The standard InChI is InChI=1S/3C10H20/c2*1-9(2)7-5-6-8-10(3)4;1-6-10(9(4)5)7-8(2)3/h2*5-6,9-10H,7-8H2,1-4H3;6,8-10H,1,7H2,2-5H3/b6-5+;6-5-;. The molecule has 30 heavy (non-hydrogen) atoms. The summed E-state index contributed by atoms with van der Waals surface area (Å²) in [5, 5.41) is 0. The summed E-state index contributed by atoms with van der Waals surface area (Å²) < 4.78 is 0. The van der Waals surface area contributed by atoms with E-state index in [2.05, 4.69) is 120 Å². The molecule has 0 saturated heterocycles. The maximum atomic E-state index is 3.84. The van der Waals surface area contributed by atoms with Crippen LogP contribution < -0.4 is 0 Å². The van der Waals surface area contributed by atoms with Crippen LogP contribution >= 0.6 is 0 Å². The molecular weight excluding hydrogens is 360 g/mol. The third-order valence-corrected chi connectivity index (χ3v) is 4.67. The van der Waals surface area contributed by atoms with E-state index in [4.69, 9.17) is 0 Å². The van der Waals surface area contributed by atoms with Gasteiger partial charge >= 0.3 is 0 Å². The minimum atomic E-state index is 0.708. The molecule has 0 aromatic heterocycles. The van der Waals surface area contributed by atoms with Gasteiger partial charge in [-0.15, -0.1) is 6.58 Å². The summed E-state index contributed by atoms with van der Waals surface area (Å²) >= 11 is 0. The molecule has 0 aliphatic heterocycles. The molecule has 0 radical (unpaired) electrons. The van der Waals surface area contributed by atoms with E-state index in [0.717, 1.165) is 35.5 Å². The lowest BCUT2D eigenvalue weighted by molar-refractivity contribution is 0.381. The largest absolute Gasteiger partial charge is 0.103 e. The maximum Gasteiger partial charge on any atom is -0.0211 e. The molecule has 0 amide bonds.